The fraction of sp³-hybridized carbons (Fsp3) is 0.103. The Bertz CT molecular complexity index is 1500. The third kappa shape index (κ3) is 5.91. The number of halogens is 10. The van der Waals surface area contributed by atoms with Crippen molar-refractivity contribution in [3.8, 4) is 0 Å². The molecule has 4 aromatic carbocycles. The maximum atomic E-state index is 15.1. The third-order valence-electron chi connectivity index (χ3n) is 6.37. The molecule has 4 rings (SSSR count). The SMILES string of the molecule is C/C(B(c1c(F)c(F)c(F)c(F)c1F)c1c(F)c(F)c(F)c(F)c1F)=C(/[Te]CCc1ccccc1)c1ccccc1. The zero-order valence-electron chi connectivity index (χ0n) is 21.0. The molecule has 0 saturated heterocycles. The van der Waals surface area contributed by atoms with E-state index >= 15 is 17.6 Å². The third-order valence-corrected chi connectivity index (χ3v) is 9.95. The molecule has 0 N–H and O–H groups in total. The van der Waals surface area contributed by atoms with Crippen LogP contribution in [0, 0.1) is 58.2 Å². The van der Waals surface area contributed by atoms with Gasteiger partial charge in [0.15, 0.2) is 0 Å². The van der Waals surface area contributed by atoms with Crippen molar-refractivity contribution in [3.05, 3.63) is 135 Å². The van der Waals surface area contributed by atoms with Crippen LogP contribution in [0.4, 0.5) is 43.9 Å². The predicted molar refractivity (Wildman–Crippen MR) is 137 cm³/mol. The molecular formula is C29H17BF10Te. The summed E-state index contributed by atoms with van der Waals surface area (Å²) < 4.78 is 146. The standard InChI is InChI=1S/C29H17BF10Te/c1-14(29(16-10-6-3-7-11-16)41-13-12-15-8-4-2-5-9-15)30(17-19(31)23(35)27(39)24(36)20(17)32)18-21(33)25(37)28(40)26(38)22(18)34/h2-11H,12-13H2,1H3/b29-14-. The summed E-state index contributed by atoms with van der Waals surface area (Å²) in [6.45, 7) is -1.43. The number of benzene rings is 4. The first-order valence-corrected chi connectivity index (χ1v) is 14.7. The molecule has 4 aromatic rings. The number of rotatable bonds is 8. The van der Waals surface area contributed by atoms with Gasteiger partial charge in [-0.05, 0) is 0 Å². The van der Waals surface area contributed by atoms with Crippen molar-refractivity contribution >= 4 is 42.2 Å². The molecule has 212 valence electrons. The van der Waals surface area contributed by atoms with Gasteiger partial charge in [-0.25, -0.2) is 0 Å². The molecular weight excluding hydrogens is 677 g/mol. The fourth-order valence-corrected chi connectivity index (χ4v) is 7.79. The van der Waals surface area contributed by atoms with Gasteiger partial charge in [-0.15, -0.1) is 0 Å². The van der Waals surface area contributed by atoms with Crippen LogP contribution in [0.25, 0.3) is 3.62 Å². The minimum atomic E-state index is -2.55. The van der Waals surface area contributed by atoms with Gasteiger partial charge in [0.1, 0.15) is 0 Å². The maximum absolute atomic E-state index is 15.1. The minimum absolute atomic E-state index is 0.282. The first-order valence-electron chi connectivity index (χ1n) is 11.9. The van der Waals surface area contributed by atoms with Gasteiger partial charge in [-0.1, -0.05) is 0 Å². The topological polar surface area (TPSA) is 0 Å². The van der Waals surface area contributed by atoms with Gasteiger partial charge in [-0.2, -0.15) is 0 Å². The molecule has 0 spiro atoms. The Labute approximate surface area is 238 Å². The van der Waals surface area contributed by atoms with Gasteiger partial charge >= 0.3 is 239 Å². The Morgan fingerprint density at radius 1 is 0.537 bits per heavy atom. The summed E-state index contributed by atoms with van der Waals surface area (Å²) in [5.74, 6) is -24.6. The molecule has 0 aliphatic rings. The summed E-state index contributed by atoms with van der Waals surface area (Å²) in [4.78, 5) is 0. The molecule has 0 unspecified atom stereocenters. The van der Waals surface area contributed by atoms with Crippen molar-refractivity contribution in [1.29, 1.82) is 0 Å². The molecule has 0 aliphatic carbocycles. The van der Waals surface area contributed by atoms with Gasteiger partial charge in [0.25, 0.3) is 0 Å². The Morgan fingerprint density at radius 3 is 1.32 bits per heavy atom. The normalized spacial score (nSPS) is 12.0. The summed E-state index contributed by atoms with van der Waals surface area (Å²) in [7, 11) is 0. The van der Waals surface area contributed by atoms with Gasteiger partial charge < -0.3 is 0 Å². The summed E-state index contributed by atoms with van der Waals surface area (Å²) >= 11 is -1.45. The van der Waals surface area contributed by atoms with Gasteiger partial charge in [0.2, 0.25) is 0 Å². The van der Waals surface area contributed by atoms with E-state index in [0.29, 0.717) is 16.5 Å². The zero-order valence-corrected chi connectivity index (χ0v) is 23.3. The molecule has 0 nitrogen and oxygen atoms in total. The summed E-state index contributed by atoms with van der Waals surface area (Å²) in [5.41, 5.74) is -2.45. The molecule has 0 amide bonds. The molecule has 0 saturated carbocycles. The van der Waals surface area contributed by atoms with Crippen LogP contribution in [0.2, 0.25) is 4.47 Å². The van der Waals surface area contributed by atoms with Crippen molar-refractivity contribution in [2.24, 2.45) is 0 Å². The molecule has 0 fully saturated rings. The molecule has 12 heteroatoms. The number of hydrogen-bond acceptors (Lipinski definition) is 0. The van der Waals surface area contributed by atoms with Crippen LogP contribution in [-0.4, -0.2) is 27.6 Å². The molecule has 0 aliphatic heterocycles. The Kier molecular flexibility index (Phi) is 9.55. The van der Waals surface area contributed by atoms with Crippen LogP contribution in [0.3, 0.4) is 0 Å². The van der Waals surface area contributed by atoms with Crippen molar-refractivity contribution in [2.45, 2.75) is 17.8 Å². The fourth-order valence-electron chi connectivity index (χ4n) is 4.39. The van der Waals surface area contributed by atoms with Crippen LogP contribution in [-0.2, 0) is 6.42 Å². The molecule has 0 heterocycles. The van der Waals surface area contributed by atoms with Crippen molar-refractivity contribution in [2.75, 3.05) is 0 Å². The van der Waals surface area contributed by atoms with Crippen LogP contribution in [0.1, 0.15) is 18.1 Å². The van der Waals surface area contributed by atoms with E-state index in [4.69, 9.17) is 0 Å². The van der Waals surface area contributed by atoms with E-state index in [2.05, 4.69) is 0 Å². The monoisotopic (exact) mass is 696 g/mol. The summed E-state index contributed by atoms with van der Waals surface area (Å²) in [6, 6.07) is 17.0. The molecule has 0 atom stereocenters. The number of allylic oxidation sites excluding steroid dienone is 1. The van der Waals surface area contributed by atoms with Crippen LogP contribution in [0.5, 0.6) is 0 Å². The van der Waals surface area contributed by atoms with Crippen molar-refractivity contribution in [3.63, 3.8) is 0 Å². The molecule has 0 aromatic heterocycles. The Balaban J connectivity index is 2.04. The van der Waals surface area contributed by atoms with Gasteiger partial charge in [0.05, 0.1) is 0 Å². The number of hydrogen-bond donors (Lipinski definition) is 0. The van der Waals surface area contributed by atoms with E-state index in [-0.39, 0.29) is 9.09 Å². The average Bonchev–Trinajstić information content (AvgIpc) is 2.99. The molecule has 0 bridgehead atoms. The molecule has 41 heavy (non-hydrogen) atoms. The van der Waals surface area contributed by atoms with E-state index < -0.39 is 96.7 Å². The van der Waals surface area contributed by atoms with E-state index in [1.807, 2.05) is 12.1 Å². The van der Waals surface area contributed by atoms with Gasteiger partial charge in [-0.3, -0.25) is 0 Å². The van der Waals surface area contributed by atoms with Crippen LogP contribution < -0.4 is 10.9 Å². The van der Waals surface area contributed by atoms with E-state index in [1.54, 1.807) is 48.5 Å². The van der Waals surface area contributed by atoms with Crippen LogP contribution in [0.15, 0.2) is 66.1 Å². The second-order valence-electron chi connectivity index (χ2n) is 8.86. The Hall–Kier alpha value is -3.23. The van der Waals surface area contributed by atoms with E-state index in [1.165, 1.54) is 0 Å². The second kappa shape index (κ2) is 12.7. The Morgan fingerprint density at radius 2 is 0.902 bits per heavy atom. The average molecular weight is 694 g/mol. The first-order chi connectivity index (χ1) is 19.5. The van der Waals surface area contributed by atoms with E-state index in [0.717, 1.165) is 12.5 Å². The van der Waals surface area contributed by atoms with E-state index in [9.17, 15) is 26.3 Å². The predicted octanol–water partition coefficient (Wildman–Crippen LogP) is 7.02. The summed E-state index contributed by atoms with van der Waals surface area (Å²) in [5, 5.41) is 0. The molecule has 0 radical (unpaired) electrons. The van der Waals surface area contributed by atoms with Gasteiger partial charge in [0, 0.05) is 0 Å². The first kappa shape index (κ1) is 30.7. The van der Waals surface area contributed by atoms with Crippen molar-refractivity contribution < 1.29 is 43.9 Å². The zero-order chi connectivity index (χ0) is 30.0. The number of aryl methyl sites for hydroxylation is 1. The second-order valence-corrected chi connectivity index (χ2v) is 12.0. The quantitative estimate of drug-likeness (QED) is 0.0806. The van der Waals surface area contributed by atoms with Crippen molar-refractivity contribution in [1.82, 2.24) is 0 Å². The summed E-state index contributed by atoms with van der Waals surface area (Å²) in [6.07, 6.45) is 0.516. The van der Waals surface area contributed by atoms with Crippen LogP contribution >= 0.6 is 0 Å².